The van der Waals surface area contributed by atoms with Crippen molar-refractivity contribution in [2.75, 3.05) is 0 Å². The smallest absolute Gasteiger partial charge is 0.326 e. The van der Waals surface area contributed by atoms with E-state index in [1.165, 1.54) is 6.07 Å². The fourth-order valence-corrected chi connectivity index (χ4v) is 2.08. The van der Waals surface area contributed by atoms with Crippen LogP contribution >= 0.6 is 34.2 Å². The molecule has 1 nitrogen and oxygen atoms in total. The first kappa shape index (κ1) is 12.1. The van der Waals surface area contributed by atoms with Gasteiger partial charge in [-0.25, -0.2) is 0 Å². The van der Waals surface area contributed by atoms with E-state index in [9.17, 15) is 13.2 Å². The molecule has 1 aromatic carbocycles. The standard InChI is InChI=1S/C8H6ClF3IN/c9-5-1-4(3-14)7(13)6(2-5)8(10,11)12/h1-2H,3,14H2. The van der Waals surface area contributed by atoms with Crippen molar-refractivity contribution in [3.63, 3.8) is 0 Å². The fourth-order valence-electron chi connectivity index (χ4n) is 1.00. The summed E-state index contributed by atoms with van der Waals surface area (Å²) in [6, 6.07) is 2.35. The fraction of sp³-hybridized carbons (Fsp3) is 0.250. The van der Waals surface area contributed by atoms with Gasteiger partial charge in [0.15, 0.2) is 0 Å². The van der Waals surface area contributed by atoms with Gasteiger partial charge in [0.1, 0.15) is 0 Å². The van der Waals surface area contributed by atoms with Crippen LogP contribution in [0.5, 0.6) is 0 Å². The van der Waals surface area contributed by atoms with E-state index in [2.05, 4.69) is 0 Å². The van der Waals surface area contributed by atoms with Crippen molar-refractivity contribution >= 4 is 34.2 Å². The van der Waals surface area contributed by atoms with E-state index in [4.69, 9.17) is 17.3 Å². The van der Waals surface area contributed by atoms with Crippen molar-refractivity contribution in [1.29, 1.82) is 0 Å². The second-order valence-corrected chi connectivity index (χ2v) is 4.14. The van der Waals surface area contributed by atoms with Crippen molar-refractivity contribution < 1.29 is 13.2 Å². The monoisotopic (exact) mass is 335 g/mol. The normalized spacial score (nSPS) is 11.9. The van der Waals surface area contributed by atoms with Gasteiger partial charge in [-0.15, -0.1) is 0 Å². The van der Waals surface area contributed by atoms with Crippen LogP contribution < -0.4 is 5.73 Å². The van der Waals surface area contributed by atoms with Crippen LogP contribution in [0.25, 0.3) is 0 Å². The van der Waals surface area contributed by atoms with Crippen molar-refractivity contribution in [3.8, 4) is 0 Å². The molecule has 6 heteroatoms. The lowest BCUT2D eigenvalue weighted by Crippen LogP contribution is -2.11. The maximum Gasteiger partial charge on any atom is 0.417 e. The Morgan fingerprint density at radius 1 is 1.36 bits per heavy atom. The van der Waals surface area contributed by atoms with E-state index in [1.54, 1.807) is 22.6 Å². The zero-order valence-corrected chi connectivity index (χ0v) is 9.74. The van der Waals surface area contributed by atoms with E-state index in [0.29, 0.717) is 5.56 Å². The average Bonchev–Trinajstić information content (AvgIpc) is 2.06. The molecule has 0 aliphatic carbocycles. The Balaban J connectivity index is 3.37. The minimum absolute atomic E-state index is 0.0436. The zero-order valence-electron chi connectivity index (χ0n) is 6.83. The van der Waals surface area contributed by atoms with Crippen LogP contribution in [0.2, 0.25) is 5.02 Å². The number of halogens is 5. The van der Waals surface area contributed by atoms with E-state index in [1.807, 2.05) is 0 Å². The van der Waals surface area contributed by atoms with Gasteiger partial charge in [-0.2, -0.15) is 13.2 Å². The quantitative estimate of drug-likeness (QED) is 0.782. The highest BCUT2D eigenvalue weighted by Gasteiger charge is 2.34. The molecule has 0 unspecified atom stereocenters. The van der Waals surface area contributed by atoms with Crippen LogP contribution in [-0.4, -0.2) is 0 Å². The molecule has 0 amide bonds. The number of rotatable bonds is 1. The van der Waals surface area contributed by atoms with Crippen LogP contribution in [-0.2, 0) is 12.7 Å². The lowest BCUT2D eigenvalue weighted by molar-refractivity contribution is -0.138. The largest absolute Gasteiger partial charge is 0.417 e. The molecule has 0 aromatic heterocycles. The maximum absolute atomic E-state index is 12.4. The molecule has 2 N–H and O–H groups in total. The summed E-state index contributed by atoms with van der Waals surface area (Å²) in [7, 11) is 0. The van der Waals surface area contributed by atoms with Crippen molar-refractivity contribution in [2.45, 2.75) is 12.7 Å². The van der Waals surface area contributed by atoms with E-state index < -0.39 is 11.7 Å². The second-order valence-electron chi connectivity index (χ2n) is 2.63. The van der Waals surface area contributed by atoms with Gasteiger partial charge in [0.2, 0.25) is 0 Å². The Kier molecular flexibility index (Phi) is 3.65. The third-order valence-electron chi connectivity index (χ3n) is 1.64. The Morgan fingerprint density at radius 3 is 2.36 bits per heavy atom. The molecule has 0 radical (unpaired) electrons. The summed E-state index contributed by atoms with van der Waals surface area (Å²) >= 11 is 7.17. The summed E-state index contributed by atoms with van der Waals surface area (Å²) in [5, 5.41) is 0.0539. The van der Waals surface area contributed by atoms with Crippen LogP contribution in [0.1, 0.15) is 11.1 Å². The SMILES string of the molecule is NCc1cc(Cl)cc(C(F)(F)F)c1I. The minimum atomic E-state index is -4.38. The summed E-state index contributed by atoms with van der Waals surface area (Å²) < 4.78 is 37.4. The lowest BCUT2D eigenvalue weighted by Gasteiger charge is -2.12. The van der Waals surface area contributed by atoms with Crippen molar-refractivity contribution in [1.82, 2.24) is 0 Å². The van der Waals surface area contributed by atoms with Gasteiger partial charge in [-0.1, -0.05) is 11.6 Å². The molecule has 0 saturated heterocycles. The van der Waals surface area contributed by atoms with E-state index in [-0.39, 0.29) is 15.1 Å². The summed E-state index contributed by atoms with van der Waals surface area (Å²) in [4.78, 5) is 0. The van der Waals surface area contributed by atoms with Crippen molar-refractivity contribution in [2.24, 2.45) is 5.73 Å². The highest BCUT2D eigenvalue weighted by atomic mass is 127. The molecule has 1 rings (SSSR count). The number of alkyl halides is 3. The Bertz CT molecular complexity index is 351. The molecule has 14 heavy (non-hydrogen) atoms. The third-order valence-corrected chi connectivity index (χ3v) is 3.13. The van der Waals surface area contributed by atoms with Gasteiger partial charge in [0.05, 0.1) is 5.56 Å². The van der Waals surface area contributed by atoms with Crippen LogP contribution in [0, 0.1) is 3.57 Å². The number of hydrogen-bond donors (Lipinski definition) is 1. The molecule has 0 bridgehead atoms. The Labute approximate surface area is 97.6 Å². The molecule has 0 aliphatic heterocycles. The molecular weight excluding hydrogens is 329 g/mol. The minimum Gasteiger partial charge on any atom is -0.326 e. The van der Waals surface area contributed by atoms with E-state index in [0.717, 1.165) is 6.07 Å². The van der Waals surface area contributed by atoms with Gasteiger partial charge in [0, 0.05) is 15.1 Å². The average molecular weight is 335 g/mol. The highest BCUT2D eigenvalue weighted by molar-refractivity contribution is 14.1. The summed E-state index contributed by atoms with van der Waals surface area (Å²) in [5.74, 6) is 0. The summed E-state index contributed by atoms with van der Waals surface area (Å²) in [6.45, 7) is 0.0436. The first-order valence-corrected chi connectivity index (χ1v) is 5.07. The number of benzene rings is 1. The van der Waals surface area contributed by atoms with Crippen LogP contribution in [0.4, 0.5) is 13.2 Å². The number of hydrogen-bond acceptors (Lipinski definition) is 1. The predicted molar refractivity (Wildman–Crippen MR) is 57.1 cm³/mol. The van der Waals surface area contributed by atoms with Gasteiger partial charge < -0.3 is 5.73 Å². The summed E-state index contributed by atoms with van der Waals surface area (Å²) in [6.07, 6.45) is -4.38. The highest BCUT2D eigenvalue weighted by Crippen LogP contribution is 2.36. The lowest BCUT2D eigenvalue weighted by atomic mass is 10.1. The zero-order chi connectivity index (χ0) is 10.9. The first-order valence-electron chi connectivity index (χ1n) is 3.61. The van der Waals surface area contributed by atoms with Crippen molar-refractivity contribution in [3.05, 3.63) is 31.9 Å². The molecule has 0 spiro atoms. The topological polar surface area (TPSA) is 26.0 Å². The molecule has 0 fully saturated rings. The molecule has 0 aliphatic rings. The van der Waals surface area contributed by atoms with Crippen LogP contribution in [0.3, 0.4) is 0 Å². The molecule has 0 atom stereocenters. The predicted octanol–water partition coefficient (Wildman–Crippen LogP) is 3.42. The molecule has 78 valence electrons. The molecule has 1 aromatic rings. The van der Waals surface area contributed by atoms with Gasteiger partial charge in [-0.05, 0) is 40.3 Å². The van der Waals surface area contributed by atoms with E-state index >= 15 is 0 Å². The molecule has 0 heterocycles. The molecular formula is C8H6ClF3IN. The number of nitrogens with two attached hydrogens (primary N) is 1. The van der Waals surface area contributed by atoms with Crippen LogP contribution in [0.15, 0.2) is 12.1 Å². The third kappa shape index (κ3) is 2.52. The van der Waals surface area contributed by atoms with Gasteiger partial charge in [0.25, 0.3) is 0 Å². The molecule has 0 saturated carbocycles. The Hall–Kier alpha value is -0.0100. The maximum atomic E-state index is 12.4. The van der Waals surface area contributed by atoms with Gasteiger partial charge in [-0.3, -0.25) is 0 Å². The summed E-state index contributed by atoms with van der Waals surface area (Å²) in [5.41, 5.74) is 4.98. The van der Waals surface area contributed by atoms with Gasteiger partial charge >= 0.3 is 6.18 Å². The first-order chi connectivity index (χ1) is 6.36. The second kappa shape index (κ2) is 4.24. The Morgan fingerprint density at radius 2 is 1.93 bits per heavy atom.